The lowest BCUT2D eigenvalue weighted by molar-refractivity contribution is 0.221. The highest BCUT2D eigenvalue weighted by molar-refractivity contribution is 5.54. The second kappa shape index (κ2) is 6.21. The second-order valence-electron chi connectivity index (χ2n) is 3.93. The second-order valence-corrected chi connectivity index (χ2v) is 3.93. The van der Waals surface area contributed by atoms with Crippen LogP contribution in [-0.2, 0) is 0 Å². The van der Waals surface area contributed by atoms with E-state index >= 15 is 0 Å². The van der Waals surface area contributed by atoms with Crippen molar-refractivity contribution in [3.8, 4) is 11.5 Å². The van der Waals surface area contributed by atoms with Crippen LogP contribution in [0.2, 0.25) is 0 Å². The predicted molar refractivity (Wildman–Crippen MR) is 68.1 cm³/mol. The topological polar surface area (TPSA) is 18.5 Å². The fraction of sp³-hybridized carbons (Fsp3) is 0.429. The first-order chi connectivity index (χ1) is 7.67. The number of ether oxygens (including phenoxy) is 2. The largest absolute Gasteiger partial charge is 0.490 e. The van der Waals surface area contributed by atoms with Crippen molar-refractivity contribution in [2.24, 2.45) is 0 Å². The molecule has 0 N–H and O–H groups in total. The normalized spacial score (nSPS) is 10.2. The van der Waals surface area contributed by atoms with Gasteiger partial charge in [0, 0.05) is 0 Å². The summed E-state index contributed by atoms with van der Waals surface area (Å²) in [7, 11) is 0. The van der Waals surface area contributed by atoms with Gasteiger partial charge in [0.1, 0.15) is 0 Å². The molecule has 0 amide bonds. The lowest BCUT2D eigenvalue weighted by Crippen LogP contribution is -2.07. The minimum Gasteiger partial charge on any atom is -0.490 e. The third kappa shape index (κ3) is 3.61. The summed E-state index contributed by atoms with van der Waals surface area (Å²) in [6.07, 6.45) is 2.94. The molecule has 2 nitrogen and oxygen atoms in total. The molecule has 1 aromatic carbocycles. The monoisotopic (exact) mass is 220 g/mol. The Kier molecular flexibility index (Phi) is 4.90. The zero-order chi connectivity index (χ0) is 12.0. The van der Waals surface area contributed by atoms with Gasteiger partial charge in [0.2, 0.25) is 0 Å². The molecule has 0 bridgehead atoms. The summed E-state index contributed by atoms with van der Waals surface area (Å²) < 4.78 is 11.3. The highest BCUT2D eigenvalue weighted by atomic mass is 16.5. The van der Waals surface area contributed by atoms with Crippen LogP contribution in [0.1, 0.15) is 32.8 Å². The molecule has 2 heteroatoms. The van der Waals surface area contributed by atoms with Crippen molar-refractivity contribution in [3.63, 3.8) is 0 Å². The van der Waals surface area contributed by atoms with E-state index in [4.69, 9.17) is 9.47 Å². The molecule has 0 aliphatic heterocycles. The fourth-order valence-electron chi connectivity index (χ4n) is 1.33. The Morgan fingerprint density at radius 1 is 1.31 bits per heavy atom. The Labute approximate surface area is 97.9 Å². The van der Waals surface area contributed by atoms with Gasteiger partial charge in [0.15, 0.2) is 11.5 Å². The summed E-state index contributed by atoms with van der Waals surface area (Å²) in [5.41, 5.74) is 1.04. The van der Waals surface area contributed by atoms with E-state index in [2.05, 4.69) is 13.5 Å². The molecule has 0 aromatic heterocycles. The first kappa shape index (κ1) is 12.6. The van der Waals surface area contributed by atoms with Gasteiger partial charge >= 0.3 is 0 Å². The van der Waals surface area contributed by atoms with E-state index in [0.29, 0.717) is 6.61 Å². The maximum atomic E-state index is 5.68. The molecular weight excluding hydrogens is 200 g/mol. The van der Waals surface area contributed by atoms with Crippen LogP contribution in [0.25, 0.3) is 6.08 Å². The molecule has 0 fully saturated rings. The van der Waals surface area contributed by atoms with E-state index in [1.54, 1.807) is 6.08 Å². The van der Waals surface area contributed by atoms with Crippen LogP contribution in [0.4, 0.5) is 0 Å². The van der Waals surface area contributed by atoms with Gasteiger partial charge in [-0.25, -0.2) is 0 Å². The Morgan fingerprint density at radius 2 is 2.06 bits per heavy atom. The number of rotatable bonds is 6. The van der Waals surface area contributed by atoms with Crippen LogP contribution in [0, 0.1) is 0 Å². The van der Waals surface area contributed by atoms with Gasteiger partial charge in [-0.05, 0) is 38.0 Å². The maximum Gasteiger partial charge on any atom is 0.161 e. The number of benzene rings is 1. The van der Waals surface area contributed by atoms with E-state index in [1.807, 2.05) is 32.0 Å². The molecule has 16 heavy (non-hydrogen) atoms. The van der Waals surface area contributed by atoms with Gasteiger partial charge in [-0.2, -0.15) is 0 Å². The zero-order valence-corrected chi connectivity index (χ0v) is 10.3. The van der Waals surface area contributed by atoms with E-state index in [1.165, 1.54) is 0 Å². The first-order valence-electron chi connectivity index (χ1n) is 5.73. The highest BCUT2D eigenvalue weighted by Gasteiger charge is 2.07. The predicted octanol–water partition coefficient (Wildman–Crippen LogP) is 3.91. The molecular formula is C14H20O2. The van der Waals surface area contributed by atoms with Gasteiger partial charge in [-0.1, -0.05) is 25.6 Å². The molecule has 0 heterocycles. The number of hydrogen-bond acceptors (Lipinski definition) is 2. The summed E-state index contributed by atoms with van der Waals surface area (Å²) in [5, 5.41) is 0. The average Bonchev–Trinajstić information content (AvgIpc) is 2.27. The molecule has 0 radical (unpaired) electrons. The van der Waals surface area contributed by atoms with Crippen LogP contribution in [0.5, 0.6) is 11.5 Å². The lowest BCUT2D eigenvalue weighted by Gasteiger charge is -2.15. The van der Waals surface area contributed by atoms with Gasteiger partial charge in [-0.3, -0.25) is 0 Å². The van der Waals surface area contributed by atoms with Crippen LogP contribution >= 0.6 is 0 Å². The van der Waals surface area contributed by atoms with Gasteiger partial charge in [0.05, 0.1) is 12.7 Å². The first-order valence-corrected chi connectivity index (χ1v) is 5.73. The summed E-state index contributed by atoms with van der Waals surface area (Å²) in [4.78, 5) is 0. The minimum atomic E-state index is 0.151. The van der Waals surface area contributed by atoms with Crippen molar-refractivity contribution in [2.45, 2.75) is 33.3 Å². The summed E-state index contributed by atoms with van der Waals surface area (Å²) in [5.74, 6) is 1.60. The molecule has 0 saturated heterocycles. The maximum absolute atomic E-state index is 5.68. The smallest absolute Gasteiger partial charge is 0.161 e. The average molecular weight is 220 g/mol. The highest BCUT2D eigenvalue weighted by Crippen LogP contribution is 2.29. The molecule has 0 atom stereocenters. The summed E-state index contributed by atoms with van der Waals surface area (Å²) >= 11 is 0. The fourth-order valence-corrected chi connectivity index (χ4v) is 1.33. The summed E-state index contributed by atoms with van der Waals surface area (Å²) in [6, 6.07) is 5.87. The van der Waals surface area contributed by atoms with Crippen molar-refractivity contribution in [1.82, 2.24) is 0 Å². The third-order valence-corrected chi connectivity index (χ3v) is 2.03. The molecule has 0 aliphatic carbocycles. The Morgan fingerprint density at radius 3 is 2.62 bits per heavy atom. The SMILES string of the molecule is C=Cc1ccc(OC(C)C)c(OCCC)c1. The van der Waals surface area contributed by atoms with Crippen LogP contribution in [-0.4, -0.2) is 12.7 Å². The van der Waals surface area contributed by atoms with Crippen LogP contribution < -0.4 is 9.47 Å². The van der Waals surface area contributed by atoms with Crippen molar-refractivity contribution in [2.75, 3.05) is 6.61 Å². The van der Waals surface area contributed by atoms with Crippen molar-refractivity contribution >= 4 is 6.08 Å². The van der Waals surface area contributed by atoms with E-state index < -0.39 is 0 Å². The zero-order valence-electron chi connectivity index (χ0n) is 10.3. The Balaban J connectivity index is 2.91. The minimum absolute atomic E-state index is 0.151. The molecule has 0 saturated carbocycles. The van der Waals surface area contributed by atoms with Crippen molar-refractivity contribution in [3.05, 3.63) is 30.3 Å². The van der Waals surface area contributed by atoms with Gasteiger partial charge in [-0.15, -0.1) is 0 Å². The molecule has 1 aromatic rings. The Bertz CT molecular complexity index is 343. The lowest BCUT2D eigenvalue weighted by atomic mass is 10.2. The van der Waals surface area contributed by atoms with E-state index in [-0.39, 0.29) is 6.10 Å². The molecule has 0 aliphatic rings. The quantitative estimate of drug-likeness (QED) is 0.723. The molecule has 0 spiro atoms. The van der Waals surface area contributed by atoms with Crippen molar-refractivity contribution < 1.29 is 9.47 Å². The van der Waals surface area contributed by atoms with Crippen LogP contribution in [0.15, 0.2) is 24.8 Å². The van der Waals surface area contributed by atoms with Gasteiger partial charge in [0.25, 0.3) is 0 Å². The van der Waals surface area contributed by atoms with E-state index in [0.717, 1.165) is 23.5 Å². The number of hydrogen-bond donors (Lipinski definition) is 0. The Hall–Kier alpha value is -1.44. The summed E-state index contributed by atoms with van der Waals surface area (Å²) in [6.45, 7) is 10.5. The molecule has 1 rings (SSSR count). The standard InChI is InChI=1S/C14H20O2/c1-5-9-15-14-10-12(6-2)7-8-13(14)16-11(3)4/h6-8,10-11H,2,5,9H2,1,3-4H3. The molecule has 88 valence electrons. The third-order valence-electron chi connectivity index (χ3n) is 2.03. The van der Waals surface area contributed by atoms with Crippen LogP contribution in [0.3, 0.4) is 0 Å². The van der Waals surface area contributed by atoms with Crippen molar-refractivity contribution in [1.29, 1.82) is 0 Å². The molecule has 0 unspecified atom stereocenters. The van der Waals surface area contributed by atoms with Gasteiger partial charge < -0.3 is 9.47 Å². The van der Waals surface area contributed by atoms with E-state index in [9.17, 15) is 0 Å².